The van der Waals surface area contributed by atoms with Crippen molar-refractivity contribution < 1.29 is 22.1 Å². The van der Waals surface area contributed by atoms with E-state index in [0.29, 0.717) is 23.8 Å². The largest absolute Gasteiger partial charge is 0.497 e. The second-order valence-electron chi connectivity index (χ2n) is 7.67. The van der Waals surface area contributed by atoms with Crippen molar-refractivity contribution >= 4 is 27.3 Å². The zero-order chi connectivity index (χ0) is 21.3. The minimum Gasteiger partial charge on any atom is -0.497 e. The molecule has 2 aromatic carbocycles. The number of carbonyl (C=O) groups excluding carboxylic acids is 1. The number of aromatic nitrogens is 1. The van der Waals surface area contributed by atoms with Crippen LogP contribution in [0.15, 0.2) is 47.4 Å². The Morgan fingerprint density at radius 1 is 1.13 bits per heavy atom. The molecule has 1 aliphatic carbocycles. The maximum absolute atomic E-state index is 12.5. The molecule has 0 spiro atoms. The minimum atomic E-state index is -3.84. The van der Waals surface area contributed by atoms with E-state index in [4.69, 9.17) is 8.92 Å². The molecule has 6 nitrogen and oxygen atoms in total. The first-order chi connectivity index (χ1) is 14.4. The summed E-state index contributed by atoms with van der Waals surface area (Å²) < 4.78 is 37.7. The van der Waals surface area contributed by atoms with Gasteiger partial charge in [0.05, 0.1) is 18.6 Å². The van der Waals surface area contributed by atoms with Gasteiger partial charge in [-0.25, -0.2) is 0 Å². The Bertz CT molecular complexity index is 1170. The van der Waals surface area contributed by atoms with Crippen molar-refractivity contribution in [3.8, 4) is 5.75 Å². The topological polar surface area (TPSA) is 74.6 Å². The number of hydrogen-bond acceptors (Lipinski definition) is 5. The smallest absolute Gasteiger partial charge is 0.297 e. The highest BCUT2D eigenvalue weighted by molar-refractivity contribution is 7.86. The lowest BCUT2D eigenvalue weighted by molar-refractivity contribution is 0.112. The average molecular weight is 428 g/mol. The monoisotopic (exact) mass is 427 g/mol. The second-order valence-corrected chi connectivity index (χ2v) is 9.28. The Morgan fingerprint density at radius 2 is 1.87 bits per heavy atom. The van der Waals surface area contributed by atoms with Crippen LogP contribution in [0.1, 0.15) is 46.8 Å². The third-order valence-corrected chi connectivity index (χ3v) is 7.15. The van der Waals surface area contributed by atoms with Crippen molar-refractivity contribution in [3.05, 3.63) is 59.3 Å². The van der Waals surface area contributed by atoms with Gasteiger partial charge >= 0.3 is 0 Å². The number of ether oxygens (including phenoxy) is 1. The van der Waals surface area contributed by atoms with Crippen molar-refractivity contribution in [2.45, 2.75) is 43.5 Å². The van der Waals surface area contributed by atoms with Crippen LogP contribution in [-0.2, 0) is 20.8 Å². The number of aldehydes is 1. The fraction of sp³-hybridized carbons (Fsp3) is 0.348. The zero-order valence-electron chi connectivity index (χ0n) is 17.1. The summed E-state index contributed by atoms with van der Waals surface area (Å²) in [6, 6.07) is 12.2. The maximum Gasteiger partial charge on any atom is 0.297 e. The van der Waals surface area contributed by atoms with Gasteiger partial charge < -0.3 is 9.30 Å². The van der Waals surface area contributed by atoms with Crippen LogP contribution in [0.25, 0.3) is 10.9 Å². The number of methoxy groups -OCH3 is 1. The van der Waals surface area contributed by atoms with Crippen LogP contribution < -0.4 is 4.74 Å². The molecule has 7 heteroatoms. The Morgan fingerprint density at radius 3 is 2.47 bits per heavy atom. The Labute approximate surface area is 176 Å². The predicted octanol–water partition coefficient (Wildman–Crippen LogP) is 4.44. The fourth-order valence-electron chi connectivity index (χ4n) is 4.00. The minimum absolute atomic E-state index is 0.00988. The lowest BCUT2D eigenvalue weighted by atomic mass is 9.81. The van der Waals surface area contributed by atoms with Crippen molar-refractivity contribution in [3.63, 3.8) is 0 Å². The Hall–Kier alpha value is -2.64. The van der Waals surface area contributed by atoms with Gasteiger partial charge in [0.25, 0.3) is 10.1 Å². The second kappa shape index (κ2) is 8.24. The molecule has 1 fully saturated rings. The van der Waals surface area contributed by atoms with Gasteiger partial charge in [0.2, 0.25) is 0 Å². The summed E-state index contributed by atoms with van der Waals surface area (Å²) >= 11 is 0. The molecule has 4 rings (SSSR count). The highest BCUT2D eigenvalue weighted by Crippen LogP contribution is 2.42. The van der Waals surface area contributed by atoms with E-state index in [1.165, 1.54) is 0 Å². The molecule has 30 heavy (non-hydrogen) atoms. The zero-order valence-corrected chi connectivity index (χ0v) is 17.9. The lowest BCUT2D eigenvalue weighted by Gasteiger charge is -2.28. The van der Waals surface area contributed by atoms with E-state index in [1.807, 2.05) is 29.7 Å². The third kappa shape index (κ3) is 3.75. The average Bonchev–Trinajstić information content (AvgIpc) is 2.99. The van der Waals surface area contributed by atoms with Gasteiger partial charge in [0.1, 0.15) is 5.75 Å². The molecule has 1 aliphatic rings. The van der Waals surface area contributed by atoms with Gasteiger partial charge in [0.15, 0.2) is 6.29 Å². The van der Waals surface area contributed by atoms with Crippen LogP contribution >= 0.6 is 0 Å². The number of nitrogens with zero attached hydrogens (tertiary/aromatic N) is 1. The molecule has 158 valence electrons. The van der Waals surface area contributed by atoms with E-state index in [1.54, 1.807) is 31.4 Å². The molecule has 0 bridgehead atoms. The standard InChI is InChI=1S/C23H25NO5S/c1-16-6-9-19(10-7-16)30(26,27)29-13-12-24-22-11-8-18(28-2)14-20(22)21(15-25)23(24)17-4-3-5-17/h6-11,14-15,17H,3-5,12-13H2,1-2H3. The summed E-state index contributed by atoms with van der Waals surface area (Å²) in [5.41, 5.74) is 3.50. The highest BCUT2D eigenvalue weighted by Gasteiger charge is 2.29. The quantitative estimate of drug-likeness (QED) is 0.392. The SMILES string of the molecule is COc1ccc2c(c1)c(C=O)c(C1CCC1)n2CCOS(=O)(=O)c1ccc(C)cc1. The summed E-state index contributed by atoms with van der Waals surface area (Å²) in [4.78, 5) is 12.1. The summed E-state index contributed by atoms with van der Waals surface area (Å²) in [5.74, 6) is 0.985. The number of hydrogen-bond donors (Lipinski definition) is 0. The molecule has 0 radical (unpaired) electrons. The van der Waals surface area contributed by atoms with E-state index >= 15 is 0 Å². The molecule has 1 heterocycles. The first-order valence-electron chi connectivity index (χ1n) is 10.1. The number of benzene rings is 2. The summed E-state index contributed by atoms with van der Waals surface area (Å²) in [6.07, 6.45) is 4.08. The van der Waals surface area contributed by atoms with Gasteiger partial charge in [0, 0.05) is 28.7 Å². The Kier molecular flexibility index (Phi) is 5.66. The van der Waals surface area contributed by atoms with E-state index in [0.717, 1.165) is 47.7 Å². The van der Waals surface area contributed by atoms with Crippen LogP contribution in [0, 0.1) is 6.92 Å². The van der Waals surface area contributed by atoms with E-state index in [-0.39, 0.29) is 11.5 Å². The summed E-state index contributed by atoms with van der Waals surface area (Å²) in [7, 11) is -2.24. The van der Waals surface area contributed by atoms with E-state index < -0.39 is 10.1 Å². The number of aryl methyl sites for hydroxylation is 1. The van der Waals surface area contributed by atoms with Crippen molar-refractivity contribution in [1.82, 2.24) is 4.57 Å². The first kappa shape index (κ1) is 20.6. The molecule has 1 aromatic heterocycles. The number of carbonyl (C=O) groups is 1. The number of rotatable bonds is 8. The van der Waals surface area contributed by atoms with Crippen LogP contribution in [-0.4, -0.2) is 33.0 Å². The Balaban J connectivity index is 1.64. The highest BCUT2D eigenvalue weighted by atomic mass is 32.2. The molecule has 0 amide bonds. The molecule has 0 N–H and O–H groups in total. The van der Waals surface area contributed by atoms with Crippen LogP contribution in [0.3, 0.4) is 0 Å². The molecule has 1 saturated carbocycles. The summed E-state index contributed by atoms with van der Waals surface area (Å²) in [6.45, 7) is 2.23. The number of fused-ring (bicyclic) bond motifs is 1. The van der Waals surface area contributed by atoms with Crippen LogP contribution in [0.2, 0.25) is 0 Å². The molecular formula is C23H25NO5S. The van der Waals surface area contributed by atoms with Crippen molar-refractivity contribution in [2.24, 2.45) is 0 Å². The molecule has 0 unspecified atom stereocenters. The normalized spacial score (nSPS) is 14.6. The van der Waals surface area contributed by atoms with Gasteiger partial charge in [-0.15, -0.1) is 0 Å². The van der Waals surface area contributed by atoms with Crippen molar-refractivity contribution in [1.29, 1.82) is 0 Å². The third-order valence-electron chi connectivity index (χ3n) is 5.82. The predicted molar refractivity (Wildman–Crippen MR) is 115 cm³/mol. The van der Waals surface area contributed by atoms with Crippen LogP contribution in [0.5, 0.6) is 5.75 Å². The fourth-order valence-corrected chi connectivity index (χ4v) is 4.90. The van der Waals surface area contributed by atoms with Gasteiger partial charge in [-0.3, -0.25) is 8.98 Å². The van der Waals surface area contributed by atoms with E-state index in [9.17, 15) is 13.2 Å². The van der Waals surface area contributed by atoms with Crippen molar-refractivity contribution in [2.75, 3.05) is 13.7 Å². The molecule has 0 aliphatic heterocycles. The molecule has 0 saturated heterocycles. The molecule has 3 aromatic rings. The molecule has 0 atom stereocenters. The summed E-state index contributed by atoms with van der Waals surface area (Å²) in [5, 5.41) is 0.827. The van der Waals surface area contributed by atoms with Gasteiger partial charge in [-0.05, 0) is 56.0 Å². The maximum atomic E-state index is 12.5. The lowest BCUT2D eigenvalue weighted by Crippen LogP contribution is -2.19. The van der Waals surface area contributed by atoms with E-state index in [2.05, 4.69) is 0 Å². The molecular weight excluding hydrogens is 402 g/mol. The van der Waals surface area contributed by atoms with Crippen LogP contribution in [0.4, 0.5) is 0 Å². The van der Waals surface area contributed by atoms with Gasteiger partial charge in [-0.2, -0.15) is 8.42 Å². The van der Waals surface area contributed by atoms with Gasteiger partial charge in [-0.1, -0.05) is 24.1 Å². The first-order valence-corrected chi connectivity index (χ1v) is 11.5.